The number of fused-ring (bicyclic) bond motifs is 22. The summed E-state index contributed by atoms with van der Waals surface area (Å²) in [6, 6.07) is 11.6. The van der Waals surface area contributed by atoms with Gasteiger partial charge in [-0.1, -0.05) is 47.7 Å². The number of hydrogen-bond donors (Lipinski definition) is 7. The van der Waals surface area contributed by atoms with Gasteiger partial charge in [0.05, 0.1) is 24.8 Å². The predicted octanol–water partition coefficient (Wildman–Crippen LogP) is -0.362. The Morgan fingerprint density at radius 3 is 2.44 bits per heavy atom. The summed E-state index contributed by atoms with van der Waals surface area (Å²) in [4.78, 5) is 77.5. The number of aliphatic carboxylic acids is 1. The van der Waals surface area contributed by atoms with Crippen LogP contribution in [0.3, 0.4) is 0 Å². The fraction of sp³-hybridized carbons (Fsp3) is 0.459. The molecule has 2 aromatic carbocycles. The molecule has 5 rings (SSSR count). The lowest BCUT2D eigenvalue weighted by Crippen LogP contribution is -2.55. The number of nitrogens with one attached hydrogen (secondary N) is 6. The molecule has 17 heteroatoms. The molecule has 0 spiro atoms. The Kier molecular flexibility index (Phi) is 15.9. The highest BCUT2D eigenvalue weighted by atomic mass is 16.5. The van der Waals surface area contributed by atoms with Crippen molar-refractivity contribution in [2.75, 3.05) is 26.7 Å². The molecular weight excluding hydrogens is 698 g/mol. The van der Waals surface area contributed by atoms with Crippen LogP contribution in [0, 0.1) is 0 Å². The second-order valence-corrected chi connectivity index (χ2v) is 13.0. The number of aryl methyl sites for hydroxylation is 1. The van der Waals surface area contributed by atoms with Crippen LogP contribution in [0.5, 0.6) is 5.75 Å². The van der Waals surface area contributed by atoms with Crippen LogP contribution in [0.1, 0.15) is 49.4 Å². The smallest absolute Gasteiger partial charge is 0.326 e. The number of benzene rings is 2. The second-order valence-electron chi connectivity index (χ2n) is 13.0. The van der Waals surface area contributed by atoms with Crippen molar-refractivity contribution in [1.82, 2.24) is 46.9 Å². The van der Waals surface area contributed by atoms with E-state index in [2.05, 4.69) is 42.2 Å². The summed E-state index contributed by atoms with van der Waals surface area (Å²) in [5.41, 5.74) is 1.99. The van der Waals surface area contributed by atoms with Crippen molar-refractivity contribution >= 4 is 35.5 Å². The molecule has 17 nitrogen and oxygen atoms in total. The number of carbonyl (C=O) groups excluding carboxylic acids is 5. The highest BCUT2D eigenvalue weighted by molar-refractivity contribution is 5.94. The maximum atomic E-state index is 13.6. The monoisotopic (exact) mass is 747 g/mol. The summed E-state index contributed by atoms with van der Waals surface area (Å²) < 4.78 is 7.44. The maximum absolute atomic E-state index is 13.6. The van der Waals surface area contributed by atoms with E-state index in [1.807, 2.05) is 0 Å². The SMILES string of the molecule is CN[C@H](C)C(=O)N[C@H]1CCCCNC(=O)CCc2cn(nn2)CCOc2ccc(cc2)C[C@@H](C(=O)O)NC(=O)[C@H](Cc2ccccc2)NC(=O)CNC1=O. The number of carboxylic acid groups (broad SMARTS) is 1. The fourth-order valence-corrected chi connectivity index (χ4v) is 5.57. The van der Waals surface area contributed by atoms with E-state index in [9.17, 15) is 33.9 Å². The van der Waals surface area contributed by atoms with Gasteiger partial charge in [-0.25, -0.2) is 9.48 Å². The zero-order valence-corrected chi connectivity index (χ0v) is 30.5. The Morgan fingerprint density at radius 1 is 0.963 bits per heavy atom. The van der Waals surface area contributed by atoms with Crippen molar-refractivity contribution in [1.29, 1.82) is 0 Å². The van der Waals surface area contributed by atoms with E-state index in [0.717, 1.165) is 0 Å². The summed E-state index contributed by atoms with van der Waals surface area (Å²) in [6.07, 6.45) is 3.60. The van der Waals surface area contributed by atoms with Gasteiger partial charge in [0, 0.05) is 38.4 Å². The van der Waals surface area contributed by atoms with Gasteiger partial charge >= 0.3 is 5.97 Å². The Hall–Kier alpha value is -5.84. The molecule has 2 aliphatic rings. The van der Waals surface area contributed by atoms with Gasteiger partial charge in [-0.15, -0.1) is 5.10 Å². The van der Waals surface area contributed by atoms with Crippen LogP contribution >= 0.6 is 0 Å². The van der Waals surface area contributed by atoms with Crippen LogP contribution in [0.2, 0.25) is 0 Å². The lowest BCUT2D eigenvalue weighted by molar-refractivity contribution is -0.142. The van der Waals surface area contributed by atoms with Gasteiger partial charge in [0.25, 0.3) is 0 Å². The van der Waals surface area contributed by atoms with Crippen LogP contribution in [-0.2, 0) is 54.6 Å². The Balaban J connectivity index is 1.51. The van der Waals surface area contributed by atoms with Gasteiger partial charge in [0.1, 0.15) is 30.5 Å². The van der Waals surface area contributed by atoms with Crippen molar-refractivity contribution < 1.29 is 38.6 Å². The molecule has 0 fully saturated rings. The molecule has 0 unspecified atom stereocenters. The van der Waals surface area contributed by atoms with Crippen LogP contribution in [0.15, 0.2) is 60.8 Å². The molecule has 2 aliphatic heterocycles. The van der Waals surface area contributed by atoms with Gasteiger partial charge in [-0.3, -0.25) is 24.0 Å². The van der Waals surface area contributed by atoms with E-state index in [-0.39, 0.29) is 38.2 Å². The van der Waals surface area contributed by atoms with Gasteiger partial charge in [0.15, 0.2) is 0 Å². The standard InChI is InChI=1S/C37H49N9O8/c1-24(38-2)34(49)42-29-10-6-7-17-39-32(47)16-13-27-23-46(45-44-27)18-19-54-28-14-11-26(12-15-28)21-31(37(52)53)43-36(51)30(20-25-8-4-3-5-9-25)41-33(48)22-40-35(29)50/h3-5,8-9,11-12,14-15,23-24,29-31,38H,6-7,10,13,16-22H2,1-2H3,(H,39,47)(H,40,50)(H,41,48)(H,42,49)(H,43,51)(H,52,53)/t24-,29+,30+,31+/m1/s1. The van der Waals surface area contributed by atoms with Crippen LogP contribution in [0.25, 0.3) is 0 Å². The average molecular weight is 748 g/mol. The Labute approximate surface area is 313 Å². The van der Waals surface area contributed by atoms with Crippen molar-refractivity contribution in [2.24, 2.45) is 0 Å². The quantitative estimate of drug-likeness (QED) is 0.161. The summed E-state index contributed by atoms with van der Waals surface area (Å²) in [7, 11) is 1.61. The molecule has 5 amide bonds. The number of rotatable bonds is 6. The molecule has 4 bridgehead atoms. The molecule has 1 aromatic heterocycles. The molecule has 0 aliphatic carbocycles. The number of aromatic nitrogens is 3. The molecule has 7 N–H and O–H groups in total. The van der Waals surface area contributed by atoms with E-state index in [4.69, 9.17) is 4.74 Å². The first-order chi connectivity index (χ1) is 26.0. The van der Waals surface area contributed by atoms with Crippen molar-refractivity contribution in [3.05, 3.63) is 77.6 Å². The number of amides is 5. The maximum Gasteiger partial charge on any atom is 0.326 e. The first-order valence-corrected chi connectivity index (χ1v) is 18.0. The molecule has 290 valence electrons. The molecule has 0 radical (unpaired) electrons. The number of carboxylic acids is 1. The molecule has 3 heterocycles. The third-order valence-electron chi connectivity index (χ3n) is 8.82. The van der Waals surface area contributed by atoms with Crippen LogP contribution < -0.4 is 36.6 Å². The Bertz CT molecular complexity index is 1720. The second kappa shape index (κ2) is 21.0. The first kappa shape index (κ1) is 40.9. The number of carbonyl (C=O) groups is 6. The molecule has 0 saturated carbocycles. The topological polar surface area (TPSA) is 235 Å². The van der Waals surface area contributed by atoms with Crippen molar-refractivity contribution in [3.8, 4) is 5.75 Å². The number of likely N-dealkylation sites (N-methyl/N-ethyl adjacent to an activating group) is 1. The average Bonchev–Trinajstić information content (AvgIpc) is 3.62. The number of hydrogen-bond acceptors (Lipinski definition) is 10. The molecule has 4 atom stereocenters. The summed E-state index contributed by atoms with van der Waals surface area (Å²) in [6.45, 7) is 2.18. The first-order valence-electron chi connectivity index (χ1n) is 18.0. The van der Waals surface area contributed by atoms with E-state index in [0.29, 0.717) is 54.9 Å². The van der Waals surface area contributed by atoms with Crippen molar-refractivity contribution in [3.63, 3.8) is 0 Å². The van der Waals surface area contributed by atoms with Gasteiger partial charge in [-0.05, 0) is 56.5 Å². The van der Waals surface area contributed by atoms with Gasteiger partial charge < -0.3 is 41.7 Å². The third-order valence-corrected chi connectivity index (χ3v) is 8.82. The van der Waals surface area contributed by atoms with E-state index >= 15 is 0 Å². The van der Waals surface area contributed by atoms with Gasteiger partial charge in [-0.2, -0.15) is 0 Å². The summed E-state index contributed by atoms with van der Waals surface area (Å²) in [5.74, 6) is -3.29. The largest absolute Gasteiger partial charge is 0.492 e. The predicted molar refractivity (Wildman–Crippen MR) is 196 cm³/mol. The minimum atomic E-state index is -1.31. The third kappa shape index (κ3) is 13.6. The zero-order valence-electron chi connectivity index (χ0n) is 30.5. The lowest BCUT2D eigenvalue weighted by atomic mass is 10.0. The summed E-state index contributed by atoms with van der Waals surface area (Å²) >= 11 is 0. The minimum Gasteiger partial charge on any atom is -0.492 e. The van der Waals surface area contributed by atoms with Crippen LogP contribution in [0.4, 0.5) is 0 Å². The molecule has 0 saturated heterocycles. The molecule has 3 aromatic rings. The van der Waals surface area contributed by atoms with E-state index < -0.39 is 60.3 Å². The normalized spacial score (nSPS) is 20.7. The van der Waals surface area contributed by atoms with Crippen LogP contribution in [-0.4, -0.2) is 107 Å². The van der Waals surface area contributed by atoms with Gasteiger partial charge in [0.2, 0.25) is 29.5 Å². The highest BCUT2D eigenvalue weighted by Gasteiger charge is 2.28. The summed E-state index contributed by atoms with van der Waals surface area (Å²) in [5, 5.41) is 34.4. The Morgan fingerprint density at radius 2 is 1.72 bits per heavy atom. The number of nitrogens with zero attached hydrogens (tertiary/aromatic N) is 3. The number of ether oxygens (including phenoxy) is 1. The highest BCUT2D eigenvalue weighted by Crippen LogP contribution is 2.15. The van der Waals surface area contributed by atoms with E-state index in [1.54, 1.807) is 79.4 Å². The van der Waals surface area contributed by atoms with Crippen molar-refractivity contribution in [2.45, 2.75) is 82.6 Å². The van der Waals surface area contributed by atoms with E-state index in [1.165, 1.54) is 0 Å². The fourth-order valence-electron chi connectivity index (χ4n) is 5.57. The zero-order chi connectivity index (χ0) is 38.9. The lowest BCUT2D eigenvalue weighted by Gasteiger charge is -2.23. The minimum absolute atomic E-state index is 0.0392. The molecule has 54 heavy (non-hydrogen) atoms. The molecular formula is C37H49N9O8.